The molecule has 2 heterocycles. The molecule has 3 rings (SSSR count). The van der Waals surface area contributed by atoms with Gasteiger partial charge in [-0.3, -0.25) is 4.98 Å². The summed E-state index contributed by atoms with van der Waals surface area (Å²) in [6.45, 7) is 1.02. The Morgan fingerprint density at radius 2 is 2.09 bits per heavy atom. The lowest BCUT2D eigenvalue weighted by molar-refractivity contribution is -0.00000751. The molecule has 0 atom stereocenters. The van der Waals surface area contributed by atoms with Crippen LogP contribution < -0.4 is 17.1 Å². The summed E-state index contributed by atoms with van der Waals surface area (Å²) in [5.74, 6) is 0.787. The van der Waals surface area contributed by atoms with Crippen molar-refractivity contribution in [3.05, 3.63) is 53.9 Å². The van der Waals surface area contributed by atoms with Crippen LogP contribution in [0.4, 0.5) is 0 Å². The molecule has 2 aromatic rings. The van der Waals surface area contributed by atoms with Crippen molar-refractivity contribution in [1.29, 1.82) is 0 Å². The van der Waals surface area contributed by atoms with E-state index in [-0.39, 0.29) is 12.4 Å². The third kappa shape index (κ3) is 3.83. The molecule has 0 N–H and O–H groups in total. The number of rotatable bonds is 5. The van der Waals surface area contributed by atoms with E-state index >= 15 is 0 Å². The van der Waals surface area contributed by atoms with E-state index in [9.17, 15) is 8.42 Å². The summed E-state index contributed by atoms with van der Waals surface area (Å²) in [6, 6.07) is 10.7. The predicted octanol–water partition coefficient (Wildman–Crippen LogP) is -1.12. The van der Waals surface area contributed by atoms with Gasteiger partial charge in [-0.25, -0.2) is 12.7 Å². The largest absolute Gasteiger partial charge is 1.00 e. The molecule has 1 aliphatic rings. The van der Waals surface area contributed by atoms with Crippen molar-refractivity contribution in [3.8, 4) is 5.75 Å². The fraction of sp³-hybridized carbons (Fsp3) is 0.312. The average molecular weight is 354 g/mol. The summed E-state index contributed by atoms with van der Waals surface area (Å²) in [5, 5.41) is 0. The van der Waals surface area contributed by atoms with Crippen LogP contribution in [0.2, 0.25) is 0 Å². The lowest BCUT2D eigenvalue weighted by Gasteiger charge is -2.17. The SMILES string of the molecule is CN(CCc1ccccn1)S(=O)(=O)c1ccc2c(c1)CCO2.[Cl-]. The first-order valence-corrected chi connectivity index (χ1v) is 8.63. The predicted molar refractivity (Wildman–Crippen MR) is 83.4 cm³/mol. The Balaban J connectivity index is 0.00000192. The zero-order valence-corrected chi connectivity index (χ0v) is 14.3. The van der Waals surface area contributed by atoms with Crippen molar-refractivity contribution >= 4 is 10.0 Å². The van der Waals surface area contributed by atoms with Gasteiger partial charge in [0.15, 0.2) is 0 Å². The molecule has 1 aromatic carbocycles. The minimum atomic E-state index is -3.48. The lowest BCUT2D eigenvalue weighted by Crippen LogP contribution is -3.00. The van der Waals surface area contributed by atoms with Gasteiger partial charge in [0.05, 0.1) is 11.5 Å². The van der Waals surface area contributed by atoms with E-state index < -0.39 is 10.0 Å². The maximum atomic E-state index is 12.6. The highest BCUT2D eigenvalue weighted by Crippen LogP contribution is 2.28. The Labute approximate surface area is 142 Å². The van der Waals surface area contributed by atoms with Crippen LogP contribution in [0, 0.1) is 0 Å². The number of sulfonamides is 1. The van der Waals surface area contributed by atoms with E-state index in [4.69, 9.17) is 4.74 Å². The van der Waals surface area contributed by atoms with E-state index in [2.05, 4.69) is 4.98 Å². The third-order valence-electron chi connectivity index (χ3n) is 3.78. The molecule has 0 saturated heterocycles. The number of ether oxygens (including phenoxy) is 1. The topological polar surface area (TPSA) is 59.5 Å². The standard InChI is InChI=1S/C16H18N2O3S.ClH/c1-18(10-7-14-4-2-3-9-17-14)22(19,20)15-5-6-16-13(12-15)8-11-21-16;/h2-6,9,12H,7-8,10-11H2,1H3;1H/p-1. The summed E-state index contributed by atoms with van der Waals surface area (Å²) in [7, 11) is -1.88. The molecule has 1 aliphatic heterocycles. The quantitative estimate of drug-likeness (QED) is 0.683. The second-order valence-electron chi connectivity index (χ2n) is 5.27. The maximum Gasteiger partial charge on any atom is 0.242 e. The number of pyridine rings is 1. The van der Waals surface area contributed by atoms with E-state index in [1.54, 1.807) is 31.4 Å². The average Bonchev–Trinajstić information content (AvgIpc) is 3.01. The molecular formula is C16H18ClN2O3S-. The van der Waals surface area contributed by atoms with Gasteiger partial charge in [0.25, 0.3) is 0 Å². The molecule has 0 bridgehead atoms. The Bertz CT molecular complexity index is 766. The lowest BCUT2D eigenvalue weighted by atomic mass is 10.2. The molecule has 0 aliphatic carbocycles. The second-order valence-corrected chi connectivity index (χ2v) is 7.31. The Kier molecular flexibility index (Phi) is 5.62. The van der Waals surface area contributed by atoms with E-state index in [1.807, 2.05) is 18.2 Å². The van der Waals surface area contributed by atoms with Crippen molar-refractivity contribution in [3.63, 3.8) is 0 Å². The number of hydrogen-bond acceptors (Lipinski definition) is 4. The normalized spacial score (nSPS) is 13.3. The van der Waals surface area contributed by atoms with Crippen molar-refractivity contribution in [2.45, 2.75) is 17.7 Å². The van der Waals surface area contributed by atoms with Gasteiger partial charge >= 0.3 is 0 Å². The number of likely N-dealkylation sites (N-methyl/N-ethyl adjacent to an activating group) is 1. The molecule has 0 fully saturated rings. The summed E-state index contributed by atoms with van der Waals surface area (Å²) >= 11 is 0. The molecular weight excluding hydrogens is 336 g/mol. The van der Waals surface area contributed by atoms with Crippen LogP contribution in [0.5, 0.6) is 5.75 Å². The van der Waals surface area contributed by atoms with Crippen molar-refractivity contribution in [2.75, 3.05) is 20.2 Å². The third-order valence-corrected chi connectivity index (χ3v) is 5.63. The Hall–Kier alpha value is -1.63. The number of halogens is 1. The molecule has 5 nitrogen and oxygen atoms in total. The zero-order valence-electron chi connectivity index (χ0n) is 12.8. The monoisotopic (exact) mass is 353 g/mol. The van der Waals surface area contributed by atoms with Gasteiger partial charge in [0.2, 0.25) is 10.0 Å². The fourth-order valence-corrected chi connectivity index (χ4v) is 3.66. The van der Waals surface area contributed by atoms with Crippen LogP contribution in [0.15, 0.2) is 47.5 Å². The van der Waals surface area contributed by atoms with Gasteiger partial charge in [-0.1, -0.05) is 6.07 Å². The fourth-order valence-electron chi connectivity index (χ4n) is 2.44. The summed E-state index contributed by atoms with van der Waals surface area (Å²) < 4.78 is 32.0. The molecule has 0 amide bonds. The summed E-state index contributed by atoms with van der Waals surface area (Å²) in [5.41, 5.74) is 1.84. The second kappa shape index (κ2) is 7.29. The zero-order chi connectivity index (χ0) is 15.6. The van der Waals surface area contributed by atoms with Crippen molar-refractivity contribution < 1.29 is 25.6 Å². The molecule has 0 unspecified atom stereocenters. The maximum absolute atomic E-state index is 12.6. The number of nitrogens with zero attached hydrogens (tertiary/aromatic N) is 2. The molecule has 1 aromatic heterocycles. The van der Waals surface area contributed by atoms with E-state index in [0.717, 1.165) is 23.4 Å². The van der Waals surface area contributed by atoms with Crippen LogP contribution in [-0.2, 0) is 22.9 Å². The number of benzene rings is 1. The number of fused-ring (bicyclic) bond motifs is 1. The molecule has 0 radical (unpaired) electrons. The Morgan fingerprint density at radius 1 is 1.26 bits per heavy atom. The molecule has 0 saturated carbocycles. The van der Waals surface area contributed by atoms with Gasteiger partial charge < -0.3 is 17.1 Å². The van der Waals surface area contributed by atoms with Crippen molar-refractivity contribution in [2.24, 2.45) is 0 Å². The van der Waals surface area contributed by atoms with Crippen LogP contribution in [0.3, 0.4) is 0 Å². The minimum Gasteiger partial charge on any atom is -1.00 e. The van der Waals surface area contributed by atoms with Gasteiger partial charge in [0, 0.05) is 38.3 Å². The van der Waals surface area contributed by atoms with Crippen LogP contribution in [0.25, 0.3) is 0 Å². The van der Waals surface area contributed by atoms with Crippen molar-refractivity contribution in [1.82, 2.24) is 9.29 Å². The van der Waals surface area contributed by atoms with Gasteiger partial charge in [-0.2, -0.15) is 0 Å². The van der Waals surface area contributed by atoms with Gasteiger partial charge in [0.1, 0.15) is 5.75 Å². The van der Waals surface area contributed by atoms with E-state index in [1.165, 1.54) is 4.31 Å². The first-order chi connectivity index (χ1) is 10.6. The summed E-state index contributed by atoms with van der Waals surface area (Å²) in [4.78, 5) is 4.53. The first kappa shape index (κ1) is 17.7. The number of aromatic nitrogens is 1. The van der Waals surface area contributed by atoms with Gasteiger partial charge in [-0.05, 0) is 35.9 Å². The highest BCUT2D eigenvalue weighted by Gasteiger charge is 2.23. The Morgan fingerprint density at radius 3 is 2.83 bits per heavy atom. The molecule has 23 heavy (non-hydrogen) atoms. The first-order valence-electron chi connectivity index (χ1n) is 7.19. The molecule has 7 heteroatoms. The molecule has 0 spiro atoms. The van der Waals surface area contributed by atoms with E-state index in [0.29, 0.717) is 24.5 Å². The van der Waals surface area contributed by atoms with Crippen LogP contribution in [0.1, 0.15) is 11.3 Å². The summed E-state index contributed by atoms with van der Waals surface area (Å²) in [6.07, 6.45) is 3.06. The van der Waals surface area contributed by atoms with Crippen LogP contribution >= 0.6 is 0 Å². The van der Waals surface area contributed by atoms with Gasteiger partial charge in [-0.15, -0.1) is 0 Å². The van der Waals surface area contributed by atoms with Crippen LogP contribution in [-0.4, -0.2) is 37.9 Å². The smallest absolute Gasteiger partial charge is 0.242 e. The molecule has 124 valence electrons. The highest BCUT2D eigenvalue weighted by molar-refractivity contribution is 7.89. The number of hydrogen-bond donors (Lipinski definition) is 0. The highest BCUT2D eigenvalue weighted by atomic mass is 35.5. The minimum absolute atomic E-state index is 0.